The minimum Gasteiger partial charge on any atom is -0.462 e. The normalized spacial score (nSPS) is 13.4. The first-order valence-electron chi connectivity index (χ1n) is 24.8. The van der Waals surface area contributed by atoms with Crippen molar-refractivity contribution in [2.75, 3.05) is 13.2 Å². The molecule has 1 unspecified atom stereocenters. The van der Waals surface area contributed by atoms with Crippen molar-refractivity contribution in [3.8, 4) is 0 Å². The Morgan fingerprint density at radius 2 is 0.609 bits per heavy atom. The van der Waals surface area contributed by atoms with Crippen molar-refractivity contribution in [2.45, 2.75) is 187 Å². The van der Waals surface area contributed by atoms with Gasteiger partial charge in [0.1, 0.15) is 13.2 Å². The van der Waals surface area contributed by atoms with E-state index in [0.29, 0.717) is 19.3 Å². The van der Waals surface area contributed by atoms with Crippen molar-refractivity contribution in [3.05, 3.63) is 146 Å². The summed E-state index contributed by atoms with van der Waals surface area (Å²) in [6.07, 6.45) is 72.9. The van der Waals surface area contributed by atoms with Crippen molar-refractivity contribution < 1.29 is 28.6 Å². The second kappa shape index (κ2) is 50.9. The molecule has 0 fully saturated rings. The van der Waals surface area contributed by atoms with Crippen LogP contribution < -0.4 is 0 Å². The van der Waals surface area contributed by atoms with Gasteiger partial charge in [-0.1, -0.05) is 212 Å². The van der Waals surface area contributed by atoms with Gasteiger partial charge in [0.2, 0.25) is 0 Å². The molecule has 0 aliphatic rings. The molecule has 0 aromatic rings. The summed E-state index contributed by atoms with van der Waals surface area (Å²) in [5.74, 6) is -1.13. The lowest BCUT2D eigenvalue weighted by Gasteiger charge is -2.18. The molecule has 6 nitrogen and oxygen atoms in total. The number of carbonyl (C=O) groups is 3. The predicted octanol–water partition coefficient (Wildman–Crippen LogP) is 16.5. The molecule has 0 amide bonds. The molecular formula is C58H88O6. The number of unbranched alkanes of at least 4 members (excludes halogenated alkanes) is 7. The molecule has 0 saturated carbocycles. The fraction of sp³-hybridized carbons (Fsp3) is 0.534. The van der Waals surface area contributed by atoms with Gasteiger partial charge in [-0.15, -0.1) is 0 Å². The Morgan fingerprint density at radius 3 is 0.953 bits per heavy atom. The van der Waals surface area contributed by atoms with E-state index in [-0.39, 0.29) is 38.0 Å². The van der Waals surface area contributed by atoms with Crippen molar-refractivity contribution in [1.82, 2.24) is 0 Å². The van der Waals surface area contributed by atoms with Gasteiger partial charge in [0, 0.05) is 19.3 Å². The van der Waals surface area contributed by atoms with Gasteiger partial charge >= 0.3 is 17.9 Å². The molecule has 0 saturated heterocycles. The van der Waals surface area contributed by atoms with Crippen LogP contribution in [0.2, 0.25) is 0 Å². The Morgan fingerprint density at radius 1 is 0.328 bits per heavy atom. The quantitative estimate of drug-likeness (QED) is 0.0263. The summed E-state index contributed by atoms with van der Waals surface area (Å²) in [5, 5.41) is 0. The van der Waals surface area contributed by atoms with E-state index in [9.17, 15) is 14.4 Å². The Hall–Kier alpha value is -4.71. The summed E-state index contributed by atoms with van der Waals surface area (Å²) in [6.45, 7) is 6.21. The van der Waals surface area contributed by atoms with Crippen LogP contribution in [-0.2, 0) is 28.6 Å². The van der Waals surface area contributed by atoms with Gasteiger partial charge in [-0.2, -0.15) is 0 Å². The first-order valence-corrected chi connectivity index (χ1v) is 24.8. The van der Waals surface area contributed by atoms with E-state index in [4.69, 9.17) is 14.2 Å². The summed E-state index contributed by atoms with van der Waals surface area (Å²) < 4.78 is 16.6. The van der Waals surface area contributed by atoms with Gasteiger partial charge in [0.15, 0.2) is 6.10 Å². The Bertz CT molecular complexity index is 1480. The molecule has 0 rings (SSSR count). The van der Waals surface area contributed by atoms with Crippen LogP contribution in [0.4, 0.5) is 0 Å². The van der Waals surface area contributed by atoms with Gasteiger partial charge < -0.3 is 14.2 Å². The van der Waals surface area contributed by atoms with Crippen molar-refractivity contribution in [1.29, 1.82) is 0 Å². The van der Waals surface area contributed by atoms with Crippen LogP contribution in [0.1, 0.15) is 181 Å². The number of rotatable bonds is 42. The maximum absolute atomic E-state index is 12.7. The molecule has 0 aliphatic heterocycles. The monoisotopic (exact) mass is 881 g/mol. The van der Waals surface area contributed by atoms with Crippen LogP contribution in [0.5, 0.6) is 0 Å². The van der Waals surface area contributed by atoms with E-state index in [1.165, 1.54) is 32.1 Å². The number of hydrogen-bond donors (Lipinski definition) is 0. The number of hydrogen-bond acceptors (Lipinski definition) is 6. The molecule has 0 radical (unpaired) electrons. The van der Waals surface area contributed by atoms with Crippen LogP contribution in [-0.4, -0.2) is 37.2 Å². The summed E-state index contributed by atoms with van der Waals surface area (Å²) in [4.78, 5) is 37.8. The first kappa shape index (κ1) is 59.3. The van der Waals surface area contributed by atoms with Gasteiger partial charge in [-0.3, -0.25) is 14.4 Å². The van der Waals surface area contributed by atoms with Crippen LogP contribution in [0.3, 0.4) is 0 Å². The lowest BCUT2D eigenvalue weighted by molar-refractivity contribution is -0.166. The molecular weight excluding hydrogens is 793 g/mol. The molecule has 0 aromatic heterocycles. The van der Waals surface area contributed by atoms with Gasteiger partial charge in [-0.05, 0) is 96.3 Å². The number of esters is 3. The van der Waals surface area contributed by atoms with Crippen LogP contribution in [0, 0.1) is 0 Å². The topological polar surface area (TPSA) is 78.9 Å². The molecule has 0 aliphatic carbocycles. The lowest BCUT2D eigenvalue weighted by Crippen LogP contribution is -2.30. The first-order chi connectivity index (χ1) is 31.5. The number of ether oxygens (including phenoxy) is 3. The average Bonchev–Trinajstić information content (AvgIpc) is 3.29. The van der Waals surface area contributed by atoms with E-state index in [2.05, 4.69) is 142 Å². The highest BCUT2D eigenvalue weighted by Gasteiger charge is 2.19. The maximum Gasteiger partial charge on any atom is 0.306 e. The standard InChI is InChI=1S/C58H88O6/c1-4-7-10-13-16-19-21-23-25-27-29-31-33-35-37-39-42-45-48-51-57(60)63-54-55(53-62-56(59)50-47-44-41-18-15-12-9-6-3)64-58(61)52-49-46-43-40-38-36-34-32-30-28-26-24-22-20-17-14-11-8-5-2/h7-8,10-11,16-17,19-20,23-26,29-32,35-38,42-43,45-46,55H,4-6,9,12-15,18,21-22,27-28,33-34,39-41,44,47-54H2,1-3H3/b10-7-,11-8-,19-16-,20-17-,25-23-,26-24-,31-29-,32-30-,37-35-,38-36-,45-42-,46-43-. The number of carbonyl (C=O) groups excluding carboxylic acids is 3. The zero-order valence-corrected chi connectivity index (χ0v) is 40.5. The predicted molar refractivity (Wildman–Crippen MR) is 274 cm³/mol. The Labute approximate surface area is 391 Å². The van der Waals surface area contributed by atoms with Gasteiger partial charge in [0.05, 0.1) is 0 Å². The molecule has 6 heteroatoms. The maximum atomic E-state index is 12.7. The van der Waals surface area contributed by atoms with E-state index >= 15 is 0 Å². The third-order valence-electron chi connectivity index (χ3n) is 9.62. The van der Waals surface area contributed by atoms with Crippen molar-refractivity contribution in [3.63, 3.8) is 0 Å². The smallest absolute Gasteiger partial charge is 0.306 e. The van der Waals surface area contributed by atoms with Crippen molar-refractivity contribution in [2.24, 2.45) is 0 Å². The zero-order valence-electron chi connectivity index (χ0n) is 40.5. The molecule has 64 heavy (non-hydrogen) atoms. The van der Waals surface area contributed by atoms with Crippen LogP contribution >= 0.6 is 0 Å². The largest absolute Gasteiger partial charge is 0.462 e. The average molecular weight is 881 g/mol. The van der Waals surface area contributed by atoms with Crippen LogP contribution in [0.25, 0.3) is 0 Å². The van der Waals surface area contributed by atoms with Gasteiger partial charge in [0.25, 0.3) is 0 Å². The minimum atomic E-state index is -0.852. The number of allylic oxidation sites excluding steroid dienone is 24. The minimum absolute atomic E-state index is 0.137. The summed E-state index contributed by atoms with van der Waals surface area (Å²) in [5.41, 5.74) is 0. The highest BCUT2D eigenvalue weighted by molar-refractivity contribution is 5.71. The fourth-order valence-electron chi connectivity index (χ4n) is 5.96. The molecule has 0 heterocycles. The molecule has 0 spiro atoms. The second-order valence-corrected chi connectivity index (χ2v) is 15.6. The summed E-state index contributed by atoms with van der Waals surface area (Å²) in [6, 6.07) is 0. The third kappa shape index (κ3) is 48.3. The van der Waals surface area contributed by atoms with E-state index < -0.39 is 12.1 Å². The summed E-state index contributed by atoms with van der Waals surface area (Å²) in [7, 11) is 0. The van der Waals surface area contributed by atoms with E-state index in [0.717, 1.165) is 96.3 Å². The van der Waals surface area contributed by atoms with E-state index in [1.807, 2.05) is 24.3 Å². The van der Waals surface area contributed by atoms with Crippen LogP contribution in [0.15, 0.2) is 146 Å². The molecule has 0 N–H and O–H groups in total. The Kier molecular flexibility index (Phi) is 47.2. The lowest BCUT2D eigenvalue weighted by atomic mass is 10.1. The fourth-order valence-corrected chi connectivity index (χ4v) is 5.96. The molecule has 1 atom stereocenters. The summed E-state index contributed by atoms with van der Waals surface area (Å²) >= 11 is 0. The molecule has 356 valence electrons. The molecule has 0 aromatic carbocycles. The second-order valence-electron chi connectivity index (χ2n) is 15.6. The van der Waals surface area contributed by atoms with E-state index in [1.54, 1.807) is 0 Å². The highest BCUT2D eigenvalue weighted by Crippen LogP contribution is 2.11. The van der Waals surface area contributed by atoms with Gasteiger partial charge in [-0.25, -0.2) is 0 Å². The zero-order chi connectivity index (χ0) is 46.5. The highest BCUT2D eigenvalue weighted by atomic mass is 16.6. The van der Waals surface area contributed by atoms with Crippen molar-refractivity contribution >= 4 is 17.9 Å². The molecule has 0 bridgehead atoms. The Balaban J connectivity index is 4.58. The SMILES string of the molecule is CC/C=C\C/C=C\C/C=C\C/C=C\C/C=C\C/C=C\CCC(=O)OCC(COC(=O)CCCCCCCCCC)OC(=O)CC/C=C\C/C=C\C/C=C\C/C=C\C/C=C\C/C=C\CC. The third-order valence-corrected chi connectivity index (χ3v) is 9.62.